The zero-order chi connectivity index (χ0) is 27.0. The molecule has 0 bridgehead atoms. The maximum atomic E-state index is 13.8. The Kier molecular flexibility index (Phi) is 6.87. The molecule has 0 fully saturated rings. The molecule has 38 heavy (non-hydrogen) atoms. The number of allylic oxidation sites excluding steroid dienone is 1. The number of hydrogen-bond donors (Lipinski definition) is 1. The van der Waals surface area contributed by atoms with Crippen LogP contribution >= 0.6 is 11.3 Å². The van der Waals surface area contributed by atoms with Crippen molar-refractivity contribution in [1.82, 2.24) is 4.57 Å². The molecule has 0 aliphatic carbocycles. The van der Waals surface area contributed by atoms with Crippen LogP contribution in [0.1, 0.15) is 40.8 Å². The van der Waals surface area contributed by atoms with E-state index < -0.39 is 6.04 Å². The van der Waals surface area contributed by atoms with Crippen molar-refractivity contribution in [2.24, 2.45) is 4.99 Å². The third kappa shape index (κ3) is 4.85. The van der Waals surface area contributed by atoms with Gasteiger partial charge in [-0.25, -0.2) is 4.99 Å². The lowest BCUT2D eigenvalue weighted by molar-refractivity contribution is -0.113. The second-order valence-corrected chi connectivity index (χ2v) is 10.5. The normalized spacial score (nSPS) is 15.2. The Morgan fingerprint density at radius 2 is 1.66 bits per heavy atom. The number of benzene rings is 3. The van der Waals surface area contributed by atoms with Gasteiger partial charge in [0, 0.05) is 5.69 Å². The molecule has 2 heterocycles. The standard InChI is InChI=1S/C31H29N3O3S/c1-18-6-9-22(10-7-18)17-26-30(36)34-28(23-11-13-24(37-5)14-12-23)27(21(4)32-31(34)38-26)29(35)33-25-15-8-19(2)16-20(25)3/h6-17,28H,1-5H3,(H,33,35)/b26-17+/t28-/m0/s1. The lowest BCUT2D eigenvalue weighted by Crippen LogP contribution is -2.40. The molecule has 6 nitrogen and oxygen atoms in total. The van der Waals surface area contributed by atoms with Crippen LogP contribution < -0.4 is 24.9 Å². The van der Waals surface area contributed by atoms with Gasteiger partial charge in [-0.1, -0.05) is 71.0 Å². The van der Waals surface area contributed by atoms with Gasteiger partial charge in [-0.15, -0.1) is 0 Å². The molecule has 192 valence electrons. The number of methoxy groups -OCH3 is 1. The van der Waals surface area contributed by atoms with Crippen molar-refractivity contribution < 1.29 is 9.53 Å². The van der Waals surface area contributed by atoms with Crippen molar-refractivity contribution in [2.75, 3.05) is 12.4 Å². The molecule has 4 aromatic rings. The molecule has 3 aromatic carbocycles. The number of hydrogen-bond acceptors (Lipinski definition) is 5. The highest BCUT2D eigenvalue weighted by Crippen LogP contribution is 2.32. The highest BCUT2D eigenvalue weighted by molar-refractivity contribution is 7.07. The van der Waals surface area contributed by atoms with E-state index in [2.05, 4.69) is 5.32 Å². The lowest BCUT2D eigenvalue weighted by Gasteiger charge is -2.25. The fourth-order valence-electron chi connectivity index (χ4n) is 4.67. The SMILES string of the molecule is COc1ccc([C@H]2C(C(=O)Nc3ccc(C)cc3C)=C(C)N=c3s/c(=C/c4ccc(C)cc4)c(=O)n32)cc1. The van der Waals surface area contributed by atoms with E-state index >= 15 is 0 Å². The van der Waals surface area contributed by atoms with Crippen LogP contribution in [0.3, 0.4) is 0 Å². The topological polar surface area (TPSA) is 72.7 Å². The van der Waals surface area contributed by atoms with Crippen LogP contribution in [0.4, 0.5) is 5.69 Å². The summed E-state index contributed by atoms with van der Waals surface area (Å²) in [5, 5.41) is 3.06. The molecule has 0 unspecified atom stereocenters. The summed E-state index contributed by atoms with van der Waals surface area (Å²) in [6.45, 7) is 7.83. The van der Waals surface area contributed by atoms with E-state index in [0.29, 0.717) is 26.4 Å². The summed E-state index contributed by atoms with van der Waals surface area (Å²) in [5.41, 5.74) is 6.53. The molecule has 1 aliphatic heterocycles. The van der Waals surface area contributed by atoms with Crippen LogP contribution in [0.2, 0.25) is 0 Å². The molecular formula is C31H29N3O3S. The van der Waals surface area contributed by atoms with E-state index in [1.54, 1.807) is 11.7 Å². The van der Waals surface area contributed by atoms with Gasteiger partial charge in [0.05, 0.1) is 29.0 Å². The Hall–Kier alpha value is -4.23. The first-order valence-electron chi connectivity index (χ1n) is 12.4. The van der Waals surface area contributed by atoms with Gasteiger partial charge in [0.1, 0.15) is 5.75 Å². The van der Waals surface area contributed by atoms with Gasteiger partial charge in [-0.3, -0.25) is 14.2 Å². The number of nitrogens with zero attached hydrogens (tertiary/aromatic N) is 2. The Bertz CT molecular complexity index is 1740. The fourth-order valence-corrected chi connectivity index (χ4v) is 5.72. The van der Waals surface area contributed by atoms with Gasteiger partial charge in [0.2, 0.25) is 0 Å². The molecule has 1 atom stereocenters. The largest absolute Gasteiger partial charge is 0.497 e. The predicted molar refractivity (Wildman–Crippen MR) is 152 cm³/mol. The van der Waals surface area contributed by atoms with E-state index in [1.165, 1.54) is 11.3 Å². The quantitative estimate of drug-likeness (QED) is 0.408. The summed E-state index contributed by atoms with van der Waals surface area (Å²) < 4.78 is 7.54. The first kappa shape index (κ1) is 25.4. The number of aromatic nitrogens is 1. The van der Waals surface area contributed by atoms with Crippen LogP contribution in [-0.4, -0.2) is 17.6 Å². The molecule has 0 spiro atoms. The molecule has 0 radical (unpaired) electrons. The molecule has 0 saturated carbocycles. The summed E-state index contributed by atoms with van der Waals surface area (Å²) in [5.74, 6) is 0.411. The fraction of sp³-hybridized carbons (Fsp3) is 0.194. The van der Waals surface area contributed by atoms with Gasteiger partial charge < -0.3 is 10.1 Å². The number of rotatable bonds is 5. The average molecular weight is 524 g/mol. The smallest absolute Gasteiger partial charge is 0.271 e. The Morgan fingerprint density at radius 1 is 0.974 bits per heavy atom. The highest BCUT2D eigenvalue weighted by Gasteiger charge is 2.32. The van der Waals surface area contributed by atoms with E-state index in [4.69, 9.17) is 9.73 Å². The zero-order valence-corrected chi connectivity index (χ0v) is 22.8. The monoisotopic (exact) mass is 523 g/mol. The summed E-state index contributed by atoms with van der Waals surface area (Å²) >= 11 is 1.33. The van der Waals surface area contributed by atoms with Crippen molar-refractivity contribution in [3.8, 4) is 5.75 Å². The van der Waals surface area contributed by atoms with Crippen molar-refractivity contribution in [3.05, 3.63) is 126 Å². The molecule has 1 N–H and O–H groups in total. The maximum Gasteiger partial charge on any atom is 0.271 e. The zero-order valence-electron chi connectivity index (χ0n) is 22.0. The van der Waals surface area contributed by atoms with Gasteiger partial charge in [0.25, 0.3) is 11.5 Å². The van der Waals surface area contributed by atoms with Gasteiger partial charge >= 0.3 is 0 Å². The van der Waals surface area contributed by atoms with Crippen molar-refractivity contribution >= 4 is 29.0 Å². The van der Waals surface area contributed by atoms with Crippen LogP contribution in [0.15, 0.2) is 87.8 Å². The Morgan fingerprint density at radius 3 is 2.32 bits per heavy atom. The molecule has 5 rings (SSSR count). The van der Waals surface area contributed by atoms with E-state index in [-0.39, 0.29) is 11.5 Å². The number of carbonyl (C=O) groups is 1. The second kappa shape index (κ2) is 10.3. The maximum absolute atomic E-state index is 13.8. The first-order chi connectivity index (χ1) is 18.2. The lowest BCUT2D eigenvalue weighted by atomic mass is 9.95. The molecule has 0 saturated heterocycles. The number of amides is 1. The minimum absolute atomic E-state index is 0.181. The summed E-state index contributed by atoms with van der Waals surface area (Å²) in [6, 6.07) is 20.7. The summed E-state index contributed by atoms with van der Waals surface area (Å²) in [7, 11) is 1.61. The number of fused-ring (bicyclic) bond motifs is 1. The second-order valence-electron chi connectivity index (χ2n) is 9.54. The third-order valence-corrected chi connectivity index (χ3v) is 7.69. The average Bonchev–Trinajstić information content (AvgIpc) is 3.20. The highest BCUT2D eigenvalue weighted by atomic mass is 32.1. The molecule has 7 heteroatoms. The number of anilines is 1. The van der Waals surface area contributed by atoms with Crippen molar-refractivity contribution in [1.29, 1.82) is 0 Å². The molecular weight excluding hydrogens is 494 g/mol. The number of carbonyl (C=O) groups excluding carboxylic acids is 1. The minimum Gasteiger partial charge on any atom is -0.497 e. The predicted octanol–water partition coefficient (Wildman–Crippen LogP) is 4.81. The van der Waals surface area contributed by atoms with E-state index in [9.17, 15) is 9.59 Å². The molecule has 1 aliphatic rings. The van der Waals surface area contributed by atoms with Crippen LogP contribution in [0.5, 0.6) is 5.75 Å². The van der Waals surface area contributed by atoms with Crippen LogP contribution in [0, 0.1) is 20.8 Å². The third-order valence-electron chi connectivity index (χ3n) is 6.70. The number of thiazole rings is 1. The van der Waals surface area contributed by atoms with Crippen LogP contribution in [-0.2, 0) is 4.79 Å². The number of aryl methyl sites for hydroxylation is 3. The van der Waals surface area contributed by atoms with E-state index in [0.717, 1.165) is 33.5 Å². The van der Waals surface area contributed by atoms with Crippen molar-refractivity contribution in [3.63, 3.8) is 0 Å². The van der Waals surface area contributed by atoms with Gasteiger partial charge in [-0.2, -0.15) is 0 Å². The molecule has 1 aromatic heterocycles. The Labute approximate surface area is 225 Å². The Balaban J connectivity index is 1.66. The van der Waals surface area contributed by atoms with Crippen molar-refractivity contribution in [2.45, 2.75) is 33.7 Å². The molecule has 1 amide bonds. The van der Waals surface area contributed by atoms with Gasteiger partial charge in [0.15, 0.2) is 4.80 Å². The summed E-state index contributed by atoms with van der Waals surface area (Å²) in [4.78, 5) is 32.9. The van der Waals surface area contributed by atoms with Gasteiger partial charge in [-0.05, 0) is 68.7 Å². The van der Waals surface area contributed by atoms with E-state index in [1.807, 2.05) is 101 Å². The first-order valence-corrected chi connectivity index (χ1v) is 13.2. The number of ether oxygens (including phenoxy) is 1. The van der Waals surface area contributed by atoms with Crippen LogP contribution in [0.25, 0.3) is 6.08 Å². The summed E-state index contributed by atoms with van der Waals surface area (Å²) in [6.07, 6.45) is 1.88. The number of nitrogens with one attached hydrogen (secondary N) is 1. The minimum atomic E-state index is -0.636.